The number of carbonyl (C=O) groups is 1. The topological polar surface area (TPSA) is 29.5 Å². The zero-order chi connectivity index (χ0) is 14.5. The van der Waals surface area contributed by atoms with Gasteiger partial charge in [-0.3, -0.25) is 4.79 Å². The first-order chi connectivity index (χ1) is 9.58. The summed E-state index contributed by atoms with van der Waals surface area (Å²) < 4.78 is 5.94. The summed E-state index contributed by atoms with van der Waals surface area (Å²) >= 11 is 0. The van der Waals surface area contributed by atoms with Gasteiger partial charge in [-0.1, -0.05) is 33.1 Å². The van der Waals surface area contributed by atoms with E-state index in [-0.39, 0.29) is 12.5 Å². The SMILES string of the molecule is C[C@@H]1CCC[C@H](C)N(C(=O)CO[C@@H]2CCCC[C@H]2C)C1. The molecule has 1 aliphatic heterocycles. The van der Waals surface area contributed by atoms with Crippen LogP contribution in [0.1, 0.15) is 65.7 Å². The first-order valence-corrected chi connectivity index (χ1v) is 8.49. The van der Waals surface area contributed by atoms with Crippen molar-refractivity contribution in [2.75, 3.05) is 13.2 Å². The Bertz CT molecular complexity index is 318. The van der Waals surface area contributed by atoms with Crippen molar-refractivity contribution >= 4 is 5.91 Å². The minimum absolute atomic E-state index is 0.198. The molecule has 0 unspecified atom stereocenters. The summed E-state index contributed by atoms with van der Waals surface area (Å²) in [6.45, 7) is 7.88. The summed E-state index contributed by atoms with van der Waals surface area (Å²) in [5.74, 6) is 1.43. The van der Waals surface area contributed by atoms with Gasteiger partial charge in [0.25, 0.3) is 0 Å². The molecule has 2 aliphatic rings. The number of nitrogens with zero attached hydrogens (tertiary/aromatic N) is 1. The largest absolute Gasteiger partial charge is 0.368 e. The van der Waals surface area contributed by atoms with Crippen LogP contribution in [-0.4, -0.2) is 36.1 Å². The zero-order valence-electron chi connectivity index (χ0n) is 13.4. The molecule has 1 saturated carbocycles. The molecule has 0 spiro atoms. The molecule has 0 bridgehead atoms. The van der Waals surface area contributed by atoms with E-state index in [1.165, 1.54) is 32.1 Å². The molecule has 1 heterocycles. The molecule has 0 aromatic carbocycles. The van der Waals surface area contributed by atoms with Gasteiger partial charge in [-0.05, 0) is 44.4 Å². The van der Waals surface area contributed by atoms with Crippen molar-refractivity contribution in [1.29, 1.82) is 0 Å². The Morgan fingerprint density at radius 2 is 1.80 bits per heavy atom. The lowest BCUT2D eigenvalue weighted by Gasteiger charge is -2.32. The average molecular weight is 281 g/mol. The number of carbonyl (C=O) groups excluding carboxylic acids is 1. The molecule has 1 saturated heterocycles. The van der Waals surface area contributed by atoms with Crippen molar-refractivity contribution in [2.45, 2.75) is 77.9 Å². The second-order valence-corrected chi connectivity index (χ2v) is 7.04. The third kappa shape index (κ3) is 4.21. The highest BCUT2D eigenvalue weighted by atomic mass is 16.5. The van der Waals surface area contributed by atoms with Gasteiger partial charge in [-0.15, -0.1) is 0 Å². The molecule has 4 atom stereocenters. The van der Waals surface area contributed by atoms with Crippen LogP contribution in [0.2, 0.25) is 0 Å². The van der Waals surface area contributed by atoms with E-state index in [0.29, 0.717) is 24.0 Å². The van der Waals surface area contributed by atoms with Crippen molar-refractivity contribution in [2.24, 2.45) is 11.8 Å². The minimum Gasteiger partial charge on any atom is -0.368 e. The third-order valence-electron chi connectivity index (χ3n) is 5.13. The molecule has 0 radical (unpaired) electrons. The maximum absolute atomic E-state index is 12.5. The van der Waals surface area contributed by atoms with Crippen molar-refractivity contribution < 1.29 is 9.53 Å². The second-order valence-electron chi connectivity index (χ2n) is 7.04. The number of amides is 1. The third-order valence-corrected chi connectivity index (χ3v) is 5.13. The highest BCUT2D eigenvalue weighted by molar-refractivity contribution is 5.77. The standard InChI is InChI=1S/C17H31NO2/c1-13-7-6-9-15(3)18(11-13)17(19)12-20-16-10-5-4-8-14(16)2/h13-16H,4-12H2,1-3H3/t13-,14-,15+,16-/m1/s1. The van der Waals surface area contributed by atoms with Crippen molar-refractivity contribution in [3.05, 3.63) is 0 Å². The quantitative estimate of drug-likeness (QED) is 0.790. The Morgan fingerprint density at radius 3 is 2.55 bits per heavy atom. The van der Waals surface area contributed by atoms with Crippen molar-refractivity contribution in [3.8, 4) is 0 Å². The number of hydrogen-bond acceptors (Lipinski definition) is 2. The van der Waals surface area contributed by atoms with Crippen molar-refractivity contribution in [3.63, 3.8) is 0 Å². The van der Waals surface area contributed by atoms with E-state index in [4.69, 9.17) is 4.74 Å². The fourth-order valence-corrected chi connectivity index (χ4v) is 3.66. The van der Waals surface area contributed by atoms with Crippen LogP contribution < -0.4 is 0 Å². The molecule has 116 valence electrons. The molecule has 3 heteroatoms. The molecule has 0 N–H and O–H groups in total. The molecule has 1 amide bonds. The van der Waals surface area contributed by atoms with Gasteiger partial charge >= 0.3 is 0 Å². The normalized spacial score (nSPS) is 35.6. The number of hydrogen-bond donors (Lipinski definition) is 0. The fourth-order valence-electron chi connectivity index (χ4n) is 3.66. The second kappa shape index (κ2) is 7.44. The van der Waals surface area contributed by atoms with Gasteiger partial charge in [0, 0.05) is 12.6 Å². The van der Waals surface area contributed by atoms with E-state index in [1.54, 1.807) is 0 Å². The molecular weight excluding hydrogens is 250 g/mol. The predicted molar refractivity (Wildman–Crippen MR) is 81.6 cm³/mol. The van der Waals surface area contributed by atoms with Gasteiger partial charge in [0.05, 0.1) is 6.10 Å². The molecule has 0 aromatic rings. The Hall–Kier alpha value is -0.570. The van der Waals surface area contributed by atoms with Crippen LogP contribution in [0, 0.1) is 11.8 Å². The van der Waals surface area contributed by atoms with Crippen LogP contribution in [0.5, 0.6) is 0 Å². The summed E-state index contributed by atoms with van der Waals surface area (Å²) in [6.07, 6.45) is 8.86. The Kier molecular flexibility index (Phi) is 5.88. The van der Waals surface area contributed by atoms with Crippen LogP contribution >= 0.6 is 0 Å². The Labute approximate surface area is 124 Å². The number of ether oxygens (including phenoxy) is 1. The van der Waals surface area contributed by atoms with E-state index >= 15 is 0 Å². The lowest BCUT2D eigenvalue weighted by Crippen LogP contribution is -2.43. The summed E-state index contributed by atoms with van der Waals surface area (Å²) in [5, 5.41) is 0. The van der Waals surface area contributed by atoms with E-state index in [0.717, 1.165) is 19.4 Å². The predicted octanol–water partition coefficient (Wildman–Crippen LogP) is 3.62. The Morgan fingerprint density at radius 1 is 1.05 bits per heavy atom. The summed E-state index contributed by atoms with van der Waals surface area (Å²) in [4.78, 5) is 14.5. The van der Waals surface area contributed by atoms with Crippen LogP contribution in [-0.2, 0) is 9.53 Å². The van der Waals surface area contributed by atoms with Crippen LogP contribution in [0.25, 0.3) is 0 Å². The first-order valence-electron chi connectivity index (χ1n) is 8.49. The zero-order valence-corrected chi connectivity index (χ0v) is 13.4. The van der Waals surface area contributed by atoms with Gasteiger partial charge in [0.1, 0.15) is 6.61 Å². The minimum atomic E-state index is 0.198. The number of rotatable bonds is 3. The van der Waals surface area contributed by atoms with Crippen LogP contribution in [0.4, 0.5) is 0 Å². The molecule has 20 heavy (non-hydrogen) atoms. The van der Waals surface area contributed by atoms with Gasteiger partial charge in [-0.2, -0.15) is 0 Å². The average Bonchev–Trinajstić information content (AvgIpc) is 2.59. The molecule has 1 aliphatic carbocycles. The van der Waals surface area contributed by atoms with Gasteiger partial charge in [0.15, 0.2) is 0 Å². The maximum Gasteiger partial charge on any atom is 0.248 e. The Balaban J connectivity index is 1.83. The molecular formula is C17H31NO2. The molecule has 2 rings (SSSR count). The van der Waals surface area contributed by atoms with Gasteiger partial charge in [0.2, 0.25) is 5.91 Å². The summed E-state index contributed by atoms with van der Waals surface area (Å²) in [7, 11) is 0. The molecule has 3 nitrogen and oxygen atoms in total. The maximum atomic E-state index is 12.5. The number of likely N-dealkylation sites (tertiary alicyclic amines) is 1. The highest BCUT2D eigenvalue weighted by Crippen LogP contribution is 2.26. The van der Waals surface area contributed by atoms with E-state index in [1.807, 2.05) is 0 Å². The summed E-state index contributed by atoms with van der Waals surface area (Å²) in [5.41, 5.74) is 0. The van der Waals surface area contributed by atoms with Crippen molar-refractivity contribution in [1.82, 2.24) is 4.90 Å². The lowest BCUT2D eigenvalue weighted by molar-refractivity contribution is -0.142. The summed E-state index contributed by atoms with van der Waals surface area (Å²) in [6, 6.07) is 0.375. The smallest absolute Gasteiger partial charge is 0.248 e. The van der Waals surface area contributed by atoms with E-state index in [2.05, 4.69) is 25.7 Å². The van der Waals surface area contributed by atoms with Crippen LogP contribution in [0.3, 0.4) is 0 Å². The van der Waals surface area contributed by atoms with Gasteiger partial charge < -0.3 is 9.64 Å². The van der Waals surface area contributed by atoms with Crippen LogP contribution in [0.15, 0.2) is 0 Å². The monoisotopic (exact) mass is 281 g/mol. The first kappa shape index (κ1) is 15.8. The van der Waals surface area contributed by atoms with E-state index < -0.39 is 0 Å². The molecule has 0 aromatic heterocycles. The van der Waals surface area contributed by atoms with Gasteiger partial charge in [-0.25, -0.2) is 0 Å². The molecule has 2 fully saturated rings. The highest BCUT2D eigenvalue weighted by Gasteiger charge is 2.27. The lowest BCUT2D eigenvalue weighted by atomic mass is 9.88. The fraction of sp³-hybridized carbons (Fsp3) is 0.941. The van der Waals surface area contributed by atoms with E-state index in [9.17, 15) is 4.79 Å².